The molecule has 0 saturated heterocycles. The minimum atomic E-state index is 0.187. The lowest BCUT2D eigenvalue weighted by atomic mass is 10.2. The number of carbonyl (C=O) groups is 1. The van der Waals surface area contributed by atoms with Gasteiger partial charge in [-0.3, -0.25) is 4.79 Å². The maximum Gasteiger partial charge on any atom is 0.223 e. The third-order valence-electron chi connectivity index (χ3n) is 3.58. The second-order valence-corrected chi connectivity index (χ2v) is 5.97. The van der Waals surface area contributed by atoms with Gasteiger partial charge in [-0.25, -0.2) is 0 Å². The Morgan fingerprint density at radius 3 is 2.74 bits per heavy atom. The Morgan fingerprint density at radius 1 is 1.30 bits per heavy atom. The third-order valence-corrected chi connectivity index (χ3v) is 3.58. The molecule has 1 amide bonds. The van der Waals surface area contributed by atoms with Gasteiger partial charge in [-0.2, -0.15) is 0 Å². The fraction of sp³-hybridized carbons (Fsp3) is 0.500. The molecule has 126 valence electrons. The Hall–Kier alpha value is -2.01. The molecule has 5 heteroatoms. The van der Waals surface area contributed by atoms with E-state index in [1.165, 1.54) is 0 Å². The van der Waals surface area contributed by atoms with E-state index >= 15 is 0 Å². The highest BCUT2D eigenvalue weighted by atomic mass is 16.5. The van der Waals surface area contributed by atoms with Crippen LogP contribution in [0, 0.1) is 5.92 Å². The quantitative estimate of drug-likeness (QED) is 0.513. The van der Waals surface area contributed by atoms with Crippen LogP contribution in [0.2, 0.25) is 0 Å². The van der Waals surface area contributed by atoms with Crippen LogP contribution in [0.25, 0.3) is 0 Å². The predicted molar refractivity (Wildman–Crippen MR) is 90.7 cm³/mol. The molecule has 1 fully saturated rings. The number of hydrogen-bond acceptors (Lipinski definition) is 4. The van der Waals surface area contributed by atoms with Gasteiger partial charge in [0, 0.05) is 25.6 Å². The number of rotatable bonds is 10. The summed E-state index contributed by atoms with van der Waals surface area (Å²) in [6.45, 7) is 8.35. The molecule has 0 bridgehead atoms. The number of amides is 1. The zero-order valence-electron chi connectivity index (χ0n) is 14.0. The van der Waals surface area contributed by atoms with Crippen molar-refractivity contribution in [2.24, 2.45) is 5.92 Å². The highest BCUT2D eigenvalue weighted by molar-refractivity contribution is 5.80. The summed E-state index contributed by atoms with van der Waals surface area (Å²) in [5.41, 5.74) is 2.07. The van der Waals surface area contributed by atoms with Crippen LogP contribution in [-0.2, 0) is 11.3 Å². The van der Waals surface area contributed by atoms with Gasteiger partial charge in [0.25, 0.3) is 0 Å². The summed E-state index contributed by atoms with van der Waals surface area (Å²) >= 11 is 0. The van der Waals surface area contributed by atoms with Gasteiger partial charge in [0.15, 0.2) is 11.5 Å². The van der Waals surface area contributed by atoms with E-state index in [-0.39, 0.29) is 11.8 Å². The molecule has 0 spiro atoms. The first-order valence-corrected chi connectivity index (χ1v) is 8.02. The molecule has 0 aliphatic heterocycles. The van der Waals surface area contributed by atoms with Crippen LogP contribution in [-0.4, -0.2) is 32.7 Å². The summed E-state index contributed by atoms with van der Waals surface area (Å²) in [4.78, 5) is 11.5. The SMILES string of the molecule is C=C(C)COc1cc(CNCCNC(=O)C2CC2)ccc1OC. The molecule has 1 saturated carbocycles. The molecule has 0 atom stereocenters. The first-order chi connectivity index (χ1) is 11.1. The monoisotopic (exact) mass is 318 g/mol. The smallest absolute Gasteiger partial charge is 0.223 e. The van der Waals surface area contributed by atoms with E-state index in [0.29, 0.717) is 25.4 Å². The average molecular weight is 318 g/mol. The van der Waals surface area contributed by atoms with E-state index in [1.54, 1.807) is 7.11 Å². The summed E-state index contributed by atoms with van der Waals surface area (Å²) in [7, 11) is 1.63. The van der Waals surface area contributed by atoms with E-state index in [0.717, 1.165) is 36.3 Å². The molecule has 0 aromatic heterocycles. The first kappa shape index (κ1) is 17.3. The van der Waals surface area contributed by atoms with Crippen molar-refractivity contribution < 1.29 is 14.3 Å². The van der Waals surface area contributed by atoms with E-state index in [1.807, 2.05) is 25.1 Å². The second-order valence-electron chi connectivity index (χ2n) is 5.97. The first-order valence-electron chi connectivity index (χ1n) is 8.02. The maximum absolute atomic E-state index is 11.5. The van der Waals surface area contributed by atoms with E-state index < -0.39 is 0 Å². The summed E-state index contributed by atoms with van der Waals surface area (Å²) < 4.78 is 11.0. The fourth-order valence-electron chi connectivity index (χ4n) is 2.14. The molecular formula is C18H26N2O3. The highest BCUT2D eigenvalue weighted by Gasteiger charge is 2.28. The zero-order chi connectivity index (χ0) is 16.7. The molecule has 2 rings (SSSR count). The molecule has 0 unspecified atom stereocenters. The van der Waals surface area contributed by atoms with Crippen LogP contribution in [0.4, 0.5) is 0 Å². The molecule has 23 heavy (non-hydrogen) atoms. The Bertz CT molecular complexity index is 553. The molecular weight excluding hydrogens is 292 g/mol. The molecule has 1 aromatic carbocycles. The number of carbonyl (C=O) groups excluding carboxylic acids is 1. The molecule has 5 nitrogen and oxygen atoms in total. The highest BCUT2D eigenvalue weighted by Crippen LogP contribution is 2.29. The van der Waals surface area contributed by atoms with Crippen LogP contribution < -0.4 is 20.1 Å². The lowest BCUT2D eigenvalue weighted by Crippen LogP contribution is -2.32. The number of hydrogen-bond donors (Lipinski definition) is 2. The minimum Gasteiger partial charge on any atom is -0.493 e. The van der Waals surface area contributed by atoms with Gasteiger partial charge in [0.2, 0.25) is 5.91 Å². The van der Waals surface area contributed by atoms with Gasteiger partial charge >= 0.3 is 0 Å². The van der Waals surface area contributed by atoms with Crippen molar-refractivity contribution in [3.63, 3.8) is 0 Å². The lowest BCUT2D eigenvalue weighted by Gasteiger charge is -2.13. The predicted octanol–water partition coefficient (Wildman–Crippen LogP) is 2.27. The molecule has 0 heterocycles. The standard InChI is InChI=1S/C18H26N2O3/c1-13(2)12-23-17-10-14(4-7-16(17)22-3)11-19-8-9-20-18(21)15-5-6-15/h4,7,10,15,19H,1,5-6,8-9,11-12H2,2-3H3,(H,20,21). The normalized spacial score (nSPS) is 13.5. The summed E-state index contributed by atoms with van der Waals surface area (Å²) in [6.07, 6.45) is 2.08. The van der Waals surface area contributed by atoms with Crippen LogP contribution in [0.15, 0.2) is 30.4 Å². The topological polar surface area (TPSA) is 59.6 Å². The van der Waals surface area contributed by atoms with Crippen LogP contribution in [0.5, 0.6) is 11.5 Å². The summed E-state index contributed by atoms with van der Waals surface area (Å²) in [5, 5.41) is 6.25. The molecule has 2 N–H and O–H groups in total. The fourth-order valence-corrected chi connectivity index (χ4v) is 2.14. The summed E-state index contributed by atoms with van der Waals surface area (Å²) in [6, 6.07) is 5.87. The van der Waals surface area contributed by atoms with Gasteiger partial charge < -0.3 is 20.1 Å². The van der Waals surface area contributed by atoms with Gasteiger partial charge in [0.1, 0.15) is 6.61 Å². The Kier molecular flexibility index (Phi) is 6.47. The number of benzene rings is 1. The van der Waals surface area contributed by atoms with Crippen molar-refractivity contribution in [1.82, 2.24) is 10.6 Å². The Balaban J connectivity index is 1.76. The van der Waals surface area contributed by atoms with Crippen molar-refractivity contribution in [1.29, 1.82) is 0 Å². The van der Waals surface area contributed by atoms with Gasteiger partial charge in [0.05, 0.1) is 7.11 Å². The largest absolute Gasteiger partial charge is 0.493 e. The van der Waals surface area contributed by atoms with Gasteiger partial charge in [-0.05, 0) is 43.0 Å². The van der Waals surface area contributed by atoms with Gasteiger partial charge in [-0.1, -0.05) is 12.6 Å². The van der Waals surface area contributed by atoms with E-state index in [9.17, 15) is 4.79 Å². The Labute approximate surface area is 138 Å². The van der Waals surface area contributed by atoms with Gasteiger partial charge in [-0.15, -0.1) is 0 Å². The van der Waals surface area contributed by atoms with Crippen molar-refractivity contribution in [2.45, 2.75) is 26.3 Å². The van der Waals surface area contributed by atoms with Crippen molar-refractivity contribution >= 4 is 5.91 Å². The van der Waals surface area contributed by atoms with Crippen molar-refractivity contribution in [2.75, 3.05) is 26.8 Å². The molecule has 1 aliphatic carbocycles. The van der Waals surface area contributed by atoms with Crippen molar-refractivity contribution in [3.8, 4) is 11.5 Å². The number of methoxy groups -OCH3 is 1. The maximum atomic E-state index is 11.5. The van der Waals surface area contributed by atoms with Crippen molar-refractivity contribution in [3.05, 3.63) is 35.9 Å². The minimum absolute atomic E-state index is 0.187. The lowest BCUT2D eigenvalue weighted by molar-refractivity contribution is -0.122. The Morgan fingerprint density at radius 2 is 2.09 bits per heavy atom. The molecule has 1 aromatic rings. The summed E-state index contributed by atoms with van der Waals surface area (Å²) in [5.74, 6) is 1.89. The number of ether oxygens (including phenoxy) is 2. The average Bonchev–Trinajstić information content (AvgIpc) is 3.37. The van der Waals surface area contributed by atoms with Crippen LogP contribution >= 0.6 is 0 Å². The van der Waals surface area contributed by atoms with E-state index in [4.69, 9.17) is 9.47 Å². The molecule has 1 aliphatic rings. The third kappa shape index (κ3) is 5.94. The van der Waals surface area contributed by atoms with E-state index in [2.05, 4.69) is 17.2 Å². The zero-order valence-corrected chi connectivity index (χ0v) is 14.0. The van der Waals surface area contributed by atoms with Crippen LogP contribution in [0.1, 0.15) is 25.3 Å². The van der Waals surface area contributed by atoms with Crippen LogP contribution in [0.3, 0.4) is 0 Å². The number of nitrogens with one attached hydrogen (secondary N) is 2. The molecule has 0 radical (unpaired) electrons. The second kappa shape index (κ2) is 8.58.